The molecule has 15 heavy (non-hydrogen) atoms. The van der Waals surface area contributed by atoms with Crippen LogP contribution < -0.4 is 16.4 Å². The van der Waals surface area contributed by atoms with Crippen molar-refractivity contribution in [3.8, 4) is 0 Å². The predicted octanol–water partition coefficient (Wildman–Crippen LogP) is 0.494. The van der Waals surface area contributed by atoms with Crippen LogP contribution in [0.1, 0.15) is 38.5 Å². The first-order chi connectivity index (χ1) is 7.08. The van der Waals surface area contributed by atoms with E-state index in [-0.39, 0.29) is 11.4 Å². The number of amides is 3. The van der Waals surface area contributed by atoms with Crippen LogP contribution in [0, 0.1) is 0 Å². The summed E-state index contributed by atoms with van der Waals surface area (Å²) in [6, 6.07) is -0.776. The topological polar surface area (TPSA) is 84.2 Å². The van der Waals surface area contributed by atoms with Crippen LogP contribution in [0.5, 0.6) is 0 Å². The Morgan fingerprint density at radius 3 is 2.33 bits per heavy atom. The maximum Gasteiger partial charge on any atom is 0.318 e. The van der Waals surface area contributed by atoms with Gasteiger partial charge < -0.3 is 11.1 Å². The van der Waals surface area contributed by atoms with E-state index in [1.54, 1.807) is 0 Å². The Labute approximate surface area is 89.8 Å². The molecule has 5 nitrogen and oxygen atoms in total. The maximum absolute atomic E-state index is 11.4. The van der Waals surface area contributed by atoms with Crippen molar-refractivity contribution in [3.05, 3.63) is 0 Å². The fraction of sp³-hybridized carbons (Fsp3) is 0.800. The summed E-state index contributed by atoms with van der Waals surface area (Å²) in [6.45, 7) is 0. The summed E-state index contributed by atoms with van der Waals surface area (Å²) in [5.41, 5.74) is 4.75. The van der Waals surface area contributed by atoms with Crippen LogP contribution in [0.4, 0.5) is 4.79 Å². The molecule has 0 aromatic heterocycles. The Balaban J connectivity index is 2.51. The number of imide groups is 1. The highest BCUT2D eigenvalue weighted by atomic mass is 16.2. The Morgan fingerprint density at radius 2 is 1.87 bits per heavy atom. The summed E-state index contributed by atoms with van der Waals surface area (Å²) in [5, 5.41) is 5.32. The van der Waals surface area contributed by atoms with E-state index >= 15 is 0 Å². The summed E-state index contributed by atoms with van der Waals surface area (Å²) >= 11 is 0. The van der Waals surface area contributed by atoms with Gasteiger partial charge in [-0.3, -0.25) is 10.1 Å². The molecule has 0 unspecified atom stereocenters. The molecule has 0 bridgehead atoms. The van der Waals surface area contributed by atoms with Crippen LogP contribution in [0.2, 0.25) is 0 Å². The quantitative estimate of drug-likeness (QED) is 0.638. The van der Waals surface area contributed by atoms with Crippen LogP contribution in [0.3, 0.4) is 0 Å². The van der Waals surface area contributed by atoms with E-state index in [4.69, 9.17) is 5.73 Å². The normalized spacial score (nSPS) is 19.5. The largest absolute Gasteiger partial charge is 0.351 e. The van der Waals surface area contributed by atoms with Crippen LogP contribution >= 0.6 is 0 Å². The number of rotatable bonds is 3. The second-order valence-corrected chi connectivity index (χ2v) is 4.18. The highest BCUT2D eigenvalue weighted by molar-refractivity contribution is 5.93. The fourth-order valence-electron chi connectivity index (χ4n) is 2.23. The molecule has 3 amide bonds. The van der Waals surface area contributed by atoms with Gasteiger partial charge in [-0.15, -0.1) is 0 Å². The van der Waals surface area contributed by atoms with E-state index in [0.29, 0.717) is 6.42 Å². The Bertz CT molecular complexity index is 247. The average Bonchev–Trinajstić information content (AvgIpc) is 2.17. The molecule has 5 heteroatoms. The van der Waals surface area contributed by atoms with E-state index in [1.165, 1.54) is 6.42 Å². The van der Waals surface area contributed by atoms with Gasteiger partial charge in [0.15, 0.2) is 0 Å². The standard InChI is InChI=1S/C10H19N3O2/c1-12-10(5-3-2-4-6-10)7-8(14)13-9(11)15/h12H,2-7H2,1H3,(H3,11,13,14,15). The van der Waals surface area contributed by atoms with Gasteiger partial charge in [0.25, 0.3) is 0 Å². The Hall–Kier alpha value is -1.10. The van der Waals surface area contributed by atoms with E-state index in [9.17, 15) is 9.59 Å². The molecular formula is C10H19N3O2. The van der Waals surface area contributed by atoms with Crippen molar-refractivity contribution in [1.29, 1.82) is 0 Å². The molecule has 0 aliphatic heterocycles. The van der Waals surface area contributed by atoms with Gasteiger partial charge in [0.1, 0.15) is 0 Å². The first-order valence-electron chi connectivity index (χ1n) is 5.36. The van der Waals surface area contributed by atoms with E-state index in [0.717, 1.165) is 25.7 Å². The number of nitrogens with two attached hydrogens (primary N) is 1. The lowest BCUT2D eigenvalue weighted by Gasteiger charge is -2.36. The SMILES string of the molecule is CNC1(CC(=O)NC(N)=O)CCCCC1. The van der Waals surface area contributed by atoms with Crippen molar-refractivity contribution in [2.24, 2.45) is 5.73 Å². The first kappa shape index (κ1) is 12.0. The monoisotopic (exact) mass is 213 g/mol. The summed E-state index contributed by atoms with van der Waals surface area (Å²) in [7, 11) is 1.86. The summed E-state index contributed by atoms with van der Waals surface area (Å²) in [4.78, 5) is 21.9. The average molecular weight is 213 g/mol. The van der Waals surface area contributed by atoms with Gasteiger partial charge >= 0.3 is 6.03 Å². The number of hydrogen-bond acceptors (Lipinski definition) is 3. The van der Waals surface area contributed by atoms with E-state index in [2.05, 4.69) is 10.6 Å². The van der Waals surface area contributed by atoms with Crippen molar-refractivity contribution in [2.45, 2.75) is 44.1 Å². The minimum atomic E-state index is -0.776. The van der Waals surface area contributed by atoms with Crippen molar-refractivity contribution in [3.63, 3.8) is 0 Å². The van der Waals surface area contributed by atoms with Crippen LogP contribution in [-0.4, -0.2) is 24.5 Å². The molecule has 4 N–H and O–H groups in total. The number of hydrogen-bond donors (Lipinski definition) is 3. The minimum Gasteiger partial charge on any atom is -0.351 e. The molecule has 0 spiro atoms. The lowest BCUT2D eigenvalue weighted by atomic mass is 9.79. The zero-order valence-electron chi connectivity index (χ0n) is 9.14. The molecular weight excluding hydrogens is 194 g/mol. The molecule has 1 aliphatic carbocycles. The zero-order chi connectivity index (χ0) is 11.3. The van der Waals surface area contributed by atoms with Gasteiger partial charge in [0, 0.05) is 12.0 Å². The van der Waals surface area contributed by atoms with Crippen molar-refractivity contribution in [1.82, 2.24) is 10.6 Å². The van der Waals surface area contributed by atoms with Crippen LogP contribution in [0.15, 0.2) is 0 Å². The molecule has 0 heterocycles. The third-order valence-corrected chi connectivity index (χ3v) is 3.10. The second kappa shape index (κ2) is 5.11. The minimum absolute atomic E-state index is 0.141. The Morgan fingerprint density at radius 1 is 1.27 bits per heavy atom. The van der Waals surface area contributed by atoms with E-state index < -0.39 is 6.03 Å². The van der Waals surface area contributed by atoms with Gasteiger partial charge in [-0.2, -0.15) is 0 Å². The highest BCUT2D eigenvalue weighted by Crippen LogP contribution is 2.30. The number of primary amides is 1. The highest BCUT2D eigenvalue weighted by Gasteiger charge is 2.32. The number of carbonyl (C=O) groups is 2. The lowest BCUT2D eigenvalue weighted by Crippen LogP contribution is -2.49. The second-order valence-electron chi connectivity index (χ2n) is 4.18. The third-order valence-electron chi connectivity index (χ3n) is 3.10. The van der Waals surface area contributed by atoms with Gasteiger partial charge in [-0.05, 0) is 19.9 Å². The molecule has 0 saturated heterocycles. The van der Waals surface area contributed by atoms with Crippen LogP contribution in [0.25, 0.3) is 0 Å². The van der Waals surface area contributed by atoms with Gasteiger partial charge in [-0.1, -0.05) is 19.3 Å². The predicted molar refractivity (Wildman–Crippen MR) is 57.2 cm³/mol. The first-order valence-corrected chi connectivity index (χ1v) is 5.36. The number of carbonyl (C=O) groups excluding carboxylic acids is 2. The van der Waals surface area contributed by atoms with Crippen molar-refractivity contribution >= 4 is 11.9 Å². The number of urea groups is 1. The van der Waals surface area contributed by atoms with Crippen LogP contribution in [-0.2, 0) is 4.79 Å². The van der Waals surface area contributed by atoms with Gasteiger partial charge in [0.05, 0.1) is 0 Å². The molecule has 1 aliphatic rings. The third kappa shape index (κ3) is 3.51. The lowest BCUT2D eigenvalue weighted by molar-refractivity contribution is -0.121. The Kier molecular flexibility index (Phi) is 4.08. The molecule has 0 aromatic rings. The van der Waals surface area contributed by atoms with Crippen molar-refractivity contribution in [2.75, 3.05) is 7.05 Å². The van der Waals surface area contributed by atoms with Gasteiger partial charge in [-0.25, -0.2) is 4.79 Å². The fourth-order valence-corrected chi connectivity index (χ4v) is 2.23. The summed E-state index contributed by atoms with van der Waals surface area (Å²) in [6.07, 6.45) is 5.77. The molecule has 1 fully saturated rings. The molecule has 86 valence electrons. The molecule has 1 saturated carbocycles. The molecule has 0 atom stereocenters. The van der Waals surface area contributed by atoms with E-state index in [1.807, 2.05) is 7.05 Å². The molecule has 0 aromatic carbocycles. The number of nitrogens with one attached hydrogen (secondary N) is 2. The van der Waals surface area contributed by atoms with Crippen molar-refractivity contribution < 1.29 is 9.59 Å². The zero-order valence-corrected chi connectivity index (χ0v) is 9.14. The summed E-state index contributed by atoms with van der Waals surface area (Å²) < 4.78 is 0. The maximum atomic E-state index is 11.4. The molecule has 1 rings (SSSR count). The molecule has 0 radical (unpaired) electrons. The van der Waals surface area contributed by atoms with Gasteiger partial charge in [0.2, 0.25) is 5.91 Å². The summed E-state index contributed by atoms with van der Waals surface area (Å²) in [5.74, 6) is -0.293. The smallest absolute Gasteiger partial charge is 0.318 e.